The number of rotatable bonds is 53. The summed E-state index contributed by atoms with van der Waals surface area (Å²) >= 11 is 0. The summed E-state index contributed by atoms with van der Waals surface area (Å²) in [7, 11) is 0. The van der Waals surface area contributed by atoms with E-state index in [1.54, 1.807) is 0 Å². The fourth-order valence-electron chi connectivity index (χ4n) is 8.94. The maximum Gasteiger partial charge on any atom is 0.306 e. The van der Waals surface area contributed by atoms with Crippen LogP contribution in [-0.2, 0) is 57.2 Å². The highest BCUT2D eigenvalue weighted by Gasteiger charge is 2.20. The highest BCUT2D eigenvalue weighted by atomic mass is 16.6. The maximum absolute atomic E-state index is 12.9. The second kappa shape index (κ2) is 53.4. The molecule has 3 atom stereocenters. The molecule has 0 saturated carbocycles. The van der Waals surface area contributed by atoms with Crippen molar-refractivity contribution in [2.45, 2.75) is 316 Å². The van der Waals surface area contributed by atoms with Gasteiger partial charge in [-0.15, -0.1) is 0 Å². The van der Waals surface area contributed by atoms with Gasteiger partial charge in [0.2, 0.25) is 0 Å². The zero-order valence-corrected chi connectivity index (χ0v) is 48.7. The van der Waals surface area contributed by atoms with Crippen LogP contribution in [0.3, 0.4) is 0 Å². The van der Waals surface area contributed by atoms with Crippen LogP contribution >= 0.6 is 0 Å². The third-order valence-electron chi connectivity index (χ3n) is 13.2. The zero-order valence-electron chi connectivity index (χ0n) is 48.7. The van der Waals surface area contributed by atoms with Crippen LogP contribution in [0, 0.1) is 0 Å². The third-order valence-corrected chi connectivity index (χ3v) is 13.2. The average molecular weight is 1060 g/mol. The monoisotopic (exact) mass is 1060 g/mol. The van der Waals surface area contributed by atoms with Crippen LogP contribution in [0.2, 0.25) is 0 Å². The Labute approximate surface area is 457 Å². The average Bonchev–Trinajstić information content (AvgIpc) is 3.37. The Hall–Kier alpha value is -3.96. The summed E-state index contributed by atoms with van der Waals surface area (Å²) in [5.74, 6) is -1.78. The molecule has 0 saturated heterocycles. The fourth-order valence-corrected chi connectivity index (χ4v) is 8.94. The molecule has 0 aliphatic heterocycles. The Kier molecular flexibility index (Phi) is 50.6. The zero-order chi connectivity index (χ0) is 55.3. The first-order valence-electron chi connectivity index (χ1n) is 30.4. The molecule has 0 aromatic rings. The molecule has 0 aliphatic rings. The molecule has 0 bridgehead atoms. The summed E-state index contributed by atoms with van der Waals surface area (Å²) in [5, 5.41) is 0. The first-order valence-corrected chi connectivity index (χ1v) is 30.4. The second-order valence-corrected chi connectivity index (χ2v) is 20.8. The maximum atomic E-state index is 12.9. The van der Waals surface area contributed by atoms with Gasteiger partial charge in [0.05, 0.1) is 0 Å². The number of esters is 6. The van der Waals surface area contributed by atoms with Crippen molar-refractivity contribution in [3.05, 3.63) is 36.5 Å². The Bertz CT molecular complexity index is 1430. The first-order chi connectivity index (χ1) is 36.4. The van der Waals surface area contributed by atoms with Crippen molar-refractivity contribution < 1.29 is 57.2 Å². The van der Waals surface area contributed by atoms with Crippen molar-refractivity contribution in [2.75, 3.05) is 13.2 Å². The number of unbranched alkanes of at least 4 members (excludes halogenated alkanes) is 24. The summed E-state index contributed by atoms with van der Waals surface area (Å²) in [6, 6.07) is 0. The molecule has 0 aromatic carbocycles. The van der Waals surface area contributed by atoms with E-state index in [1.807, 2.05) is 0 Å². The van der Waals surface area contributed by atoms with E-state index in [1.165, 1.54) is 72.1 Å². The largest absolute Gasteiger partial charge is 0.462 e. The summed E-state index contributed by atoms with van der Waals surface area (Å²) < 4.78 is 33.4. The van der Waals surface area contributed by atoms with Crippen molar-refractivity contribution in [2.24, 2.45) is 0 Å². The van der Waals surface area contributed by atoms with Gasteiger partial charge in [-0.05, 0) is 96.3 Å². The predicted molar refractivity (Wildman–Crippen MR) is 303 cm³/mol. The fraction of sp³-hybridized carbons (Fsp3) is 0.810. The van der Waals surface area contributed by atoms with Crippen molar-refractivity contribution in [1.82, 2.24) is 0 Å². The molecule has 0 N–H and O–H groups in total. The lowest BCUT2D eigenvalue weighted by Gasteiger charge is -2.18. The van der Waals surface area contributed by atoms with Crippen LogP contribution in [0.1, 0.15) is 292 Å². The number of carbonyl (C=O) groups excluding carboxylic acids is 6. The summed E-state index contributed by atoms with van der Waals surface area (Å²) in [6.07, 6.45) is 48.6. The molecule has 0 aliphatic carbocycles. The predicted octanol–water partition coefficient (Wildman–Crippen LogP) is 16.7. The SMILES string of the molecule is CCCCCC[C@H](C/C=C/CCCCCCCC(=O)OCC(COC(=O)CCCCCCC/C=C/C[C@@H](CCCCCC)OC(C)=O)OC(=O)CCCCCCC/C=C/C[C@@H](CCCCCC)OC(C)=O)OC(C)=O. The number of hydrogen-bond acceptors (Lipinski definition) is 12. The highest BCUT2D eigenvalue weighted by Crippen LogP contribution is 2.18. The van der Waals surface area contributed by atoms with Crippen LogP contribution in [0.5, 0.6) is 0 Å². The normalized spacial score (nSPS) is 12.8. The van der Waals surface area contributed by atoms with Gasteiger partial charge in [-0.1, -0.05) is 173 Å². The highest BCUT2D eigenvalue weighted by molar-refractivity contribution is 5.71. The number of ether oxygens (including phenoxy) is 6. The van der Waals surface area contributed by atoms with Gasteiger partial charge in [0, 0.05) is 59.3 Å². The summed E-state index contributed by atoms with van der Waals surface area (Å²) in [5.41, 5.74) is 0. The molecule has 0 heterocycles. The van der Waals surface area contributed by atoms with Gasteiger partial charge in [-0.3, -0.25) is 28.8 Å². The van der Waals surface area contributed by atoms with E-state index in [0.717, 1.165) is 161 Å². The molecule has 0 aromatic heterocycles. The Balaban J connectivity index is 4.79. The van der Waals surface area contributed by atoms with Crippen LogP contribution in [0.4, 0.5) is 0 Å². The van der Waals surface area contributed by atoms with Gasteiger partial charge >= 0.3 is 35.8 Å². The van der Waals surface area contributed by atoms with Gasteiger partial charge in [0.1, 0.15) is 31.5 Å². The van der Waals surface area contributed by atoms with Crippen LogP contribution in [0.15, 0.2) is 36.5 Å². The molecule has 12 heteroatoms. The van der Waals surface area contributed by atoms with E-state index in [2.05, 4.69) is 57.2 Å². The van der Waals surface area contributed by atoms with E-state index in [9.17, 15) is 28.8 Å². The van der Waals surface area contributed by atoms with Crippen LogP contribution in [-0.4, -0.2) is 73.4 Å². The summed E-state index contributed by atoms with van der Waals surface area (Å²) in [4.78, 5) is 73.0. The van der Waals surface area contributed by atoms with E-state index < -0.39 is 12.1 Å². The molecular formula is C63H110O12. The lowest BCUT2D eigenvalue weighted by molar-refractivity contribution is -0.167. The molecule has 0 rings (SSSR count). The van der Waals surface area contributed by atoms with Gasteiger partial charge < -0.3 is 28.4 Å². The van der Waals surface area contributed by atoms with Gasteiger partial charge in [0.25, 0.3) is 0 Å². The van der Waals surface area contributed by atoms with E-state index in [4.69, 9.17) is 28.4 Å². The Morgan fingerprint density at radius 2 is 0.587 bits per heavy atom. The lowest BCUT2D eigenvalue weighted by atomic mass is 10.1. The minimum atomic E-state index is -0.870. The molecule has 434 valence electrons. The third kappa shape index (κ3) is 51.9. The van der Waals surface area contributed by atoms with Crippen LogP contribution in [0.25, 0.3) is 0 Å². The molecule has 0 radical (unpaired) electrons. The van der Waals surface area contributed by atoms with Crippen molar-refractivity contribution in [3.8, 4) is 0 Å². The minimum absolute atomic E-state index is 0.0489. The van der Waals surface area contributed by atoms with E-state index >= 15 is 0 Å². The number of hydrogen-bond donors (Lipinski definition) is 0. The van der Waals surface area contributed by atoms with Gasteiger partial charge in [-0.2, -0.15) is 0 Å². The Morgan fingerprint density at radius 3 is 0.893 bits per heavy atom. The molecule has 75 heavy (non-hydrogen) atoms. The molecule has 12 nitrogen and oxygen atoms in total. The quantitative estimate of drug-likeness (QED) is 0.0246. The smallest absolute Gasteiger partial charge is 0.306 e. The number of allylic oxidation sites excluding steroid dienone is 3. The standard InChI is InChI=1S/C63H110O12/c1-7-10-13-34-43-57(72-54(4)64)46-37-28-22-16-19-25-31-40-49-61(67)70-52-60(75-63(69)51-42-33-27-21-18-24-30-39-48-59(74-56(6)66)45-36-15-12-9-3)53-71-62(68)50-41-32-26-20-17-23-29-38-47-58(73-55(5)65)44-35-14-11-8-2/h28-30,37-39,57-60H,7-27,31-36,40-53H2,1-6H3/b37-28+,38-29+,39-30+/t57-,58-,59-/m1/s1. The molecule has 0 fully saturated rings. The van der Waals surface area contributed by atoms with Crippen molar-refractivity contribution in [1.29, 1.82) is 0 Å². The second-order valence-electron chi connectivity index (χ2n) is 20.8. The topological polar surface area (TPSA) is 158 Å². The molecule has 0 spiro atoms. The van der Waals surface area contributed by atoms with Crippen molar-refractivity contribution in [3.63, 3.8) is 0 Å². The van der Waals surface area contributed by atoms with E-state index in [0.29, 0.717) is 19.3 Å². The first kappa shape index (κ1) is 71.0. The molecular weight excluding hydrogens is 949 g/mol. The van der Waals surface area contributed by atoms with Crippen molar-refractivity contribution >= 4 is 35.8 Å². The van der Waals surface area contributed by atoms with Gasteiger partial charge in [0.15, 0.2) is 6.10 Å². The minimum Gasteiger partial charge on any atom is -0.462 e. The number of carbonyl (C=O) groups is 6. The molecule has 0 unspecified atom stereocenters. The molecule has 0 amide bonds. The van der Waals surface area contributed by atoms with Crippen LogP contribution < -0.4 is 0 Å². The van der Waals surface area contributed by atoms with E-state index in [-0.39, 0.29) is 80.6 Å². The summed E-state index contributed by atoms with van der Waals surface area (Å²) in [6.45, 7) is 10.7. The van der Waals surface area contributed by atoms with Gasteiger partial charge in [-0.25, -0.2) is 0 Å². The Morgan fingerprint density at radius 1 is 0.307 bits per heavy atom. The lowest BCUT2D eigenvalue weighted by Crippen LogP contribution is -2.30.